The average Bonchev–Trinajstić information content (AvgIpc) is 3.38. The summed E-state index contributed by atoms with van der Waals surface area (Å²) in [5.41, 5.74) is -0.111. The molecule has 0 spiro atoms. The molecule has 1 fully saturated rings. The van der Waals surface area contributed by atoms with Crippen LogP contribution in [-0.2, 0) is 18.3 Å². The van der Waals surface area contributed by atoms with Gasteiger partial charge in [-0.2, -0.15) is 0 Å². The van der Waals surface area contributed by atoms with Gasteiger partial charge in [0.15, 0.2) is 0 Å². The maximum Gasteiger partial charge on any atom is 1.00 e. The second-order valence-corrected chi connectivity index (χ2v) is 7.32. The van der Waals surface area contributed by atoms with E-state index in [0.29, 0.717) is 31.0 Å². The number of benzene rings is 1. The molecule has 0 radical (unpaired) electrons. The van der Waals surface area contributed by atoms with Gasteiger partial charge in [-0.25, -0.2) is 14.4 Å². The fourth-order valence-electron chi connectivity index (χ4n) is 3.76. The van der Waals surface area contributed by atoms with Crippen molar-refractivity contribution in [3.8, 4) is 17.3 Å². The van der Waals surface area contributed by atoms with Crippen LogP contribution in [0.3, 0.4) is 0 Å². The van der Waals surface area contributed by atoms with Gasteiger partial charge in [-0.1, -0.05) is 12.1 Å². The van der Waals surface area contributed by atoms with Crippen LogP contribution in [0.1, 0.15) is 43.0 Å². The Labute approximate surface area is 189 Å². The van der Waals surface area contributed by atoms with Gasteiger partial charge < -0.3 is 14.4 Å². The minimum atomic E-state index is -0.816. The number of aromatic nitrogens is 3. The van der Waals surface area contributed by atoms with Gasteiger partial charge in [-0.15, -0.1) is 0 Å². The van der Waals surface area contributed by atoms with E-state index in [1.54, 1.807) is 17.0 Å². The fraction of sp³-hybridized carbons (Fsp3) is 0.333. The number of rotatable bonds is 4. The Hall–Kier alpha value is -2.89. The van der Waals surface area contributed by atoms with Gasteiger partial charge in [0.2, 0.25) is 17.4 Å². The van der Waals surface area contributed by atoms with Crippen molar-refractivity contribution >= 4 is 5.91 Å². The van der Waals surface area contributed by atoms with Gasteiger partial charge in [0.25, 0.3) is 0 Å². The largest absolute Gasteiger partial charge is 1.00 e. The summed E-state index contributed by atoms with van der Waals surface area (Å²) in [5, 5.41) is 12.6. The summed E-state index contributed by atoms with van der Waals surface area (Å²) in [6.07, 6.45) is 3.24. The van der Waals surface area contributed by atoms with Crippen LogP contribution in [-0.4, -0.2) is 31.9 Å². The molecule has 1 saturated heterocycles. The summed E-state index contributed by atoms with van der Waals surface area (Å²) >= 11 is 0. The van der Waals surface area contributed by atoms with Gasteiger partial charge in [0.05, 0.1) is 12.2 Å². The minimum absolute atomic E-state index is 0. The number of nitrogens with zero attached hydrogens (tertiary/aromatic N) is 4. The quantitative estimate of drug-likeness (QED) is 0.500. The average molecular weight is 418 g/mol. The molecular formula is C21H20FLiN4O4. The van der Waals surface area contributed by atoms with Gasteiger partial charge in [-0.05, 0) is 36.3 Å². The van der Waals surface area contributed by atoms with E-state index in [1.165, 1.54) is 36.9 Å². The standard InChI is InChI=1S/C21H21FN4O4.Li/c1-12(27)26-9-3-4-16(26)19-24-17(18(28)21(29)25(19)2)20-23-11-15(30-20)10-13-5-7-14(22)8-6-13;/h5-8,11,16,28H,3-4,9-10H2,1-2H3;/q;+1/p-1/t16-;/m0./s1. The molecule has 1 atom stereocenters. The van der Waals surface area contributed by atoms with Crippen molar-refractivity contribution in [2.45, 2.75) is 32.2 Å². The Balaban J connectivity index is 0.00000272. The van der Waals surface area contributed by atoms with Gasteiger partial charge >= 0.3 is 18.9 Å². The third-order valence-electron chi connectivity index (χ3n) is 5.29. The number of carbonyl (C=O) groups excluding carboxylic acids is 1. The molecule has 3 aromatic rings. The number of hydrogen-bond donors (Lipinski definition) is 0. The van der Waals surface area contributed by atoms with Crippen LogP contribution in [0, 0.1) is 5.82 Å². The van der Waals surface area contributed by atoms with Crippen molar-refractivity contribution in [2.24, 2.45) is 7.05 Å². The molecule has 1 amide bonds. The number of hydrogen-bond acceptors (Lipinski definition) is 6. The zero-order valence-corrected chi connectivity index (χ0v) is 17.6. The number of likely N-dealkylation sites (tertiary alicyclic amines) is 1. The molecule has 1 aliphatic heterocycles. The van der Waals surface area contributed by atoms with Crippen molar-refractivity contribution in [1.82, 2.24) is 19.4 Å². The van der Waals surface area contributed by atoms with Crippen LogP contribution in [0.5, 0.6) is 5.75 Å². The molecule has 2 aromatic heterocycles. The Morgan fingerprint density at radius 2 is 2.03 bits per heavy atom. The monoisotopic (exact) mass is 418 g/mol. The second-order valence-electron chi connectivity index (χ2n) is 7.32. The van der Waals surface area contributed by atoms with E-state index < -0.39 is 11.3 Å². The Morgan fingerprint density at radius 3 is 2.71 bits per heavy atom. The van der Waals surface area contributed by atoms with Crippen LogP contribution in [0.2, 0.25) is 0 Å². The molecule has 10 heteroatoms. The van der Waals surface area contributed by atoms with Crippen molar-refractivity contribution in [2.75, 3.05) is 6.54 Å². The molecular weight excluding hydrogens is 398 g/mol. The zero-order chi connectivity index (χ0) is 21.4. The van der Waals surface area contributed by atoms with Crippen molar-refractivity contribution in [3.05, 3.63) is 63.8 Å². The van der Waals surface area contributed by atoms with Gasteiger partial charge in [0, 0.05) is 26.9 Å². The topological polar surface area (TPSA) is 104 Å². The predicted octanol–water partition coefficient (Wildman–Crippen LogP) is -1.07. The molecule has 31 heavy (non-hydrogen) atoms. The van der Waals surface area contributed by atoms with Crippen molar-refractivity contribution in [1.29, 1.82) is 0 Å². The maximum atomic E-state index is 13.1. The molecule has 4 rings (SSSR count). The summed E-state index contributed by atoms with van der Waals surface area (Å²) in [4.78, 5) is 34.7. The van der Waals surface area contributed by atoms with Crippen LogP contribution >= 0.6 is 0 Å². The van der Waals surface area contributed by atoms with Crippen molar-refractivity contribution < 1.29 is 37.6 Å². The number of carbonyl (C=O) groups is 1. The predicted molar refractivity (Wildman–Crippen MR) is 103 cm³/mol. The Bertz CT molecular complexity index is 1160. The first kappa shape index (κ1) is 22.8. The first-order chi connectivity index (χ1) is 14.3. The van der Waals surface area contributed by atoms with Crippen LogP contribution < -0.4 is 29.5 Å². The zero-order valence-electron chi connectivity index (χ0n) is 17.6. The normalized spacial score (nSPS) is 15.7. The van der Waals surface area contributed by atoms with Gasteiger partial charge in [-0.3, -0.25) is 14.2 Å². The summed E-state index contributed by atoms with van der Waals surface area (Å²) in [5.74, 6) is -0.535. The SMILES string of the molecule is CC(=O)N1CCC[C@H]1c1nc(-c2ncc(Cc3ccc(F)cc3)o2)c([O-])c(=O)n1C.[Li+]. The fourth-order valence-corrected chi connectivity index (χ4v) is 3.76. The first-order valence-corrected chi connectivity index (χ1v) is 9.60. The number of amides is 1. The van der Waals surface area contributed by atoms with E-state index in [9.17, 15) is 19.1 Å². The van der Waals surface area contributed by atoms with E-state index >= 15 is 0 Å². The molecule has 0 unspecified atom stereocenters. The molecule has 0 bridgehead atoms. The third-order valence-corrected chi connectivity index (χ3v) is 5.29. The van der Waals surface area contributed by atoms with E-state index in [1.807, 2.05) is 0 Å². The van der Waals surface area contributed by atoms with E-state index in [0.717, 1.165) is 12.0 Å². The maximum absolute atomic E-state index is 13.1. The first-order valence-electron chi connectivity index (χ1n) is 9.60. The molecule has 0 saturated carbocycles. The summed E-state index contributed by atoms with van der Waals surface area (Å²) in [7, 11) is 1.47. The van der Waals surface area contributed by atoms with Gasteiger partial charge in [0.1, 0.15) is 23.1 Å². The molecule has 0 aliphatic carbocycles. The molecule has 1 aliphatic rings. The van der Waals surface area contributed by atoms with Crippen LogP contribution in [0.25, 0.3) is 11.6 Å². The van der Waals surface area contributed by atoms with E-state index in [-0.39, 0.29) is 48.2 Å². The number of halogens is 1. The van der Waals surface area contributed by atoms with E-state index in [4.69, 9.17) is 4.42 Å². The molecule has 8 nitrogen and oxygen atoms in total. The molecule has 3 heterocycles. The van der Waals surface area contributed by atoms with E-state index in [2.05, 4.69) is 9.97 Å². The molecule has 0 N–H and O–H groups in total. The van der Waals surface area contributed by atoms with Crippen LogP contribution in [0.4, 0.5) is 4.39 Å². The Kier molecular flexibility index (Phi) is 6.67. The molecule has 1 aromatic carbocycles. The Morgan fingerprint density at radius 1 is 1.32 bits per heavy atom. The van der Waals surface area contributed by atoms with Crippen LogP contribution in [0.15, 0.2) is 39.7 Å². The number of oxazole rings is 1. The summed E-state index contributed by atoms with van der Waals surface area (Å²) in [6, 6.07) is 5.57. The van der Waals surface area contributed by atoms with Crippen molar-refractivity contribution in [3.63, 3.8) is 0 Å². The third kappa shape index (κ3) is 4.43. The minimum Gasteiger partial charge on any atom is -0.867 e. The second kappa shape index (κ2) is 9.08. The smallest absolute Gasteiger partial charge is 0.867 e. The summed E-state index contributed by atoms with van der Waals surface area (Å²) < 4.78 is 19.9. The summed E-state index contributed by atoms with van der Waals surface area (Å²) in [6.45, 7) is 2.04. The molecule has 156 valence electrons.